The number of hydrogen-bond acceptors (Lipinski definition) is 7. The first-order valence-corrected chi connectivity index (χ1v) is 11.5. The van der Waals surface area contributed by atoms with E-state index in [9.17, 15) is 4.21 Å². The Morgan fingerprint density at radius 3 is 2.86 bits per heavy atom. The fourth-order valence-corrected chi connectivity index (χ4v) is 3.96. The first kappa shape index (κ1) is 18.8. The lowest BCUT2D eigenvalue weighted by atomic mass is 10.2. The van der Waals surface area contributed by atoms with Crippen molar-refractivity contribution in [2.24, 2.45) is 4.36 Å². The van der Waals surface area contributed by atoms with Crippen LogP contribution < -0.4 is 4.90 Å². The predicted molar refractivity (Wildman–Crippen MR) is 111 cm³/mol. The Balaban J connectivity index is 1.93. The third-order valence-corrected chi connectivity index (χ3v) is 5.24. The van der Waals surface area contributed by atoms with Gasteiger partial charge >= 0.3 is 0 Å². The first-order valence-electron chi connectivity index (χ1n) is 9.17. The van der Waals surface area contributed by atoms with Gasteiger partial charge in [-0.15, -0.1) is 0 Å². The van der Waals surface area contributed by atoms with E-state index in [4.69, 9.17) is 9.72 Å². The molecule has 4 rings (SSSR count). The second-order valence-electron chi connectivity index (χ2n) is 7.29. The Bertz CT molecular complexity index is 1140. The molecule has 148 valence electrons. The van der Waals surface area contributed by atoms with Crippen LogP contribution in [-0.4, -0.2) is 62.1 Å². The smallest absolute Gasteiger partial charge is 0.168 e. The fraction of sp³-hybridized carbons (Fsp3) is 0.421. The van der Waals surface area contributed by atoms with E-state index in [1.807, 2.05) is 35.8 Å². The lowest BCUT2D eigenvalue weighted by molar-refractivity contribution is 0.0985. The highest BCUT2D eigenvalue weighted by Gasteiger charge is 2.23. The second kappa shape index (κ2) is 7.14. The molecule has 0 spiro atoms. The average Bonchev–Trinajstić information content (AvgIpc) is 2.96. The SMILES string of the molecule is Cc1nn2ccccc2c1-c1nc(N=S(C)(C)=O)cc(N2CCOC[C@H]2C)n1. The van der Waals surface area contributed by atoms with E-state index in [1.165, 1.54) is 0 Å². The summed E-state index contributed by atoms with van der Waals surface area (Å²) in [5.41, 5.74) is 2.61. The number of aromatic nitrogens is 4. The van der Waals surface area contributed by atoms with Crippen molar-refractivity contribution >= 4 is 26.9 Å². The van der Waals surface area contributed by atoms with Crippen LogP contribution in [0.2, 0.25) is 0 Å². The van der Waals surface area contributed by atoms with Gasteiger partial charge in [-0.2, -0.15) is 9.46 Å². The number of fused-ring (bicyclic) bond motifs is 1. The normalized spacial score (nSPS) is 17.9. The van der Waals surface area contributed by atoms with E-state index >= 15 is 0 Å². The lowest BCUT2D eigenvalue weighted by Gasteiger charge is -2.34. The maximum atomic E-state index is 12.3. The molecule has 0 amide bonds. The van der Waals surface area contributed by atoms with Gasteiger partial charge in [-0.05, 0) is 26.0 Å². The number of nitrogens with zero attached hydrogens (tertiary/aromatic N) is 6. The van der Waals surface area contributed by atoms with Crippen LogP contribution >= 0.6 is 0 Å². The quantitative estimate of drug-likeness (QED) is 0.672. The Kier molecular flexibility index (Phi) is 4.80. The van der Waals surface area contributed by atoms with Crippen LogP contribution in [0.4, 0.5) is 11.6 Å². The summed E-state index contributed by atoms with van der Waals surface area (Å²) < 4.78 is 24.0. The zero-order chi connectivity index (χ0) is 19.9. The zero-order valence-corrected chi connectivity index (χ0v) is 17.3. The molecular formula is C19H24N6O2S. The Labute approximate surface area is 164 Å². The van der Waals surface area contributed by atoms with E-state index in [-0.39, 0.29) is 6.04 Å². The maximum Gasteiger partial charge on any atom is 0.168 e. The van der Waals surface area contributed by atoms with E-state index in [1.54, 1.807) is 18.6 Å². The second-order valence-corrected chi connectivity index (χ2v) is 9.83. The van der Waals surface area contributed by atoms with Crippen LogP contribution in [0.15, 0.2) is 34.8 Å². The molecule has 1 aliphatic rings. The molecule has 0 aromatic carbocycles. The molecule has 1 saturated heterocycles. The number of aryl methyl sites for hydroxylation is 1. The minimum Gasteiger partial charge on any atom is -0.377 e. The summed E-state index contributed by atoms with van der Waals surface area (Å²) in [6.45, 7) is 6.05. The van der Waals surface area contributed by atoms with Crippen molar-refractivity contribution < 1.29 is 8.95 Å². The van der Waals surface area contributed by atoms with Crippen molar-refractivity contribution in [2.45, 2.75) is 19.9 Å². The van der Waals surface area contributed by atoms with Gasteiger partial charge in [0.05, 0.1) is 36.0 Å². The fourth-order valence-electron chi connectivity index (χ4n) is 3.41. The Morgan fingerprint density at radius 1 is 1.29 bits per heavy atom. The summed E-state index contributed by atoms with van der Waals surface area (Å²) in [7, 11) is -2.36. The minimum absolute atomic E-state index is 0.182. The third-order valence-electron chi connectivity index (χ3n) is 4.61. The largest absolute Gasteiger partial charge is 0.377 e. The number of morpholine rings is 1. The van der Waals surface area contributed by atoms with Gasteiger partial charge in [-0.25, -0.2) is 18.7 Å². The predicted octanol–water partition coefficient (Wildman–Crippen LogP) is 2.68. The van der Waals surface area contributed by atoms with Crippen LogP contribution in [0.25, 0.3) is 16.9 Å². The van der Waals surface area contributed by atoms with Crippen LogP contribution in [0.5, 0.6) is 0 Å². The summed E-state index contributed by atoms with van der Waals surface area (Å²) in [6.07, 6.45) is 5.11. The van der Waals surface area contributed by atoms with Crippen LogP contribution in [-0.2, 0) is 14.5 Å². The summed E-state index contributed by atoms with van der Waals surface area (Å²) in [5.74, 6) is 1.72. The van der Waals surface area contributed by atoms with Crippen LogP contribution in [0.1, 0.15) is 12.6 Å². The Morgan fingerprint density at radius 2 is 2.11 bits per heavy atom. The molecule has 3 aromatic heterocycles. The van der Waals surface area contributed by atoms with Gasteiger partial charge in [0.2, 0.25) is 0 Å². The minimum atomic E-state index is -2.36. The van der Waals surface area contributed by atoms with Gasteiger partial charge in [-0.1, -0.05) is 6.07 Å². The molecule has 3 aromatic rings. The van der Waals surface area contributed by atoms with E-state index in [2.05, 4.69) is 26.3 Å². The van der Waals surface area contributed by atoms with Crippen molar-refractivity contribution in [3.05, 3.63) is 36.2 Å². The van der Waals surface area contributed by atoms with Gasteiger partial charge in [0.15, 0.2) is 11.6 Å². The first-order chi connectivity index (χ1) is 13.3. The van der Waals surface area contributed by atoms with E-state index < -0.39 is 9.73 Å². The van der Waals surface area contributed by atoms with Crippen molar-refractivity contribution in [1.82, 2.24) is 19.6 Å². The molecule has 0 aliphatic carbocycles. The average molecular weight is 401 g/mol. The van der Waals surface area contributed by atoms with Crippen LogP contribution in [0.3, 0.4) is 0 Å². The number of hydrogen-bond donors (Lipinski definition) is 0. The number of ether oxygens (including phenoxy) is 1. The molecule has 1 fully saturated rings. The highest BCUT2D eigenvalue weighted by atomic mass is 32.2. The monoisotopic (exact) mass is 400 g/mol. The molecule has 1 atom stereocenters. The topological polar surface area (TPSA) is 85.0 Å². The van der Waals surface area contributed by atoms with E-state index in [0.717, 1.165) is 29.1 Å². The molecule has 8 nitrogen and oxygen atoms in total. The molecule has 0 unspecified atom stereocenters. The van der Waals surface area contributed by atoms with Gasteiger partial charge in [0.1, 0.15) is 5.82 Å². The third kappa shape index (κ3) is 3.72. The molecule has 28 heavy (non-hydrogen) atoms. The summed E-state index contributed by atoms with van der Waals surface area (Å²) in [5, 5.41) is 4.57. The Hall–Kier alpha value is -2.52. The summed E-state index contributed by atoms with van der Waals surface area (Å²) in [4.78, 5) is 11.7. The molecule has 0 saturated carbocycles. The number of rotatable bonds is 3. The highest BCUT2D eigenvalue weighted by molar-refractivity contribution is 7.92. The zero-order valence-electron chi connectivity index (χ0n) is 16.5. The molecule has 0 radical (unpaired) electrons. The van der Waals surface area contributed by atoms with Crippen molar-refractivity contribution in [3.63, 3.8) is 0 Å². The van der Waals surface area contributed by atoms with Gasteiger partial charge in [0, 0.05) is 41.0 Å². The molecule has 9 heteroatoms. The molecular weight excluding hydrogens is 376 g/mol. The number of pyridine rings is 1. The molecule has 1 aliphatic heterocycles. The van der Waals surface area contributed by atoms with Crippen molar-refractivity contribution in [1.29, 1.82) is 0 Å². The summed E-state index contributed by atoms with van der Waals surface area (Å²) in [6, 6.07) is 7.87. The van der Waals surface area contributed by atoms with Gasteiger partial charge < -0.3 is 9.64 Å². The highest BCUT2D eigenvalue weighted by Crippen LogP contribution is 2.30. The maximum absolute atomic E-state index is 12.3. The number of anilines is 1. The van der Waals surface area contributed by atoms with Crippen molar-refractivity contribution in [2.75, 3.05) is 37.2 Å². The summed E-state index contributed by atoms with van der Waals surface area (Å²) >= 11 is 0. The lowest BCUT2D eigenvalue weighted by Crippen LogP contribution is -2.44. The molecule has 0 bridgehead atoms. The van der Waals surface area contributed by atoms with Crippen LogP contribution in [0, 0.1) is 6.92 Å². The standard InChI is InChI=1S/C19H24N6O2S/c1-13-12-27-10-9-24(13)17-11-16(23-28(3,4)26)20-19(21-17)18-14(2)22-25-8-6-5-7-15(18)25/h5-8,11,13H,9-10,12H2,1-4H3/t13-/m1/s1. The van der Waals surface area contributed by atoms with Gasteiger partial charge in [-0.3, -0.25) is 0 Å². The van der Waals surface area contributed by atoms with Gasteiger partial charge in [0.25, 0.3) is 0 Å². The van der Waals surface area contributed by atoms with E-state index in [0.29, 0.717) is 24.9 Å². The van der Waals surface area contributed by atoms with Crippen molar-refractivity contribution in [3.8, 4) is 11.4 Å². The molecule has 0 N–H and O–H groups in total. The molecule has 4 heterocycles.